The zero-order chi connectivity index (χ0) is 22.5. The summed E-state index contributed by atoms with van der Waals surface area (Å²) in [5.41, 5.74) is 4.52. The van der Waals surface area contributed by atoms with Crippen molar-refractivity contribution in [2.75, 3.05) is 37.7 Å². The second kappa shape index (κ2) is 10.1. The van der Waals surface area contributed by atoms with E-state index in [0.717, 1.165) is 45.4 Å². The molecular weight excluding hydrogens is 402 g/mol. The number of aromatic nitrogens is 3. The van der Waals surface area contributed by atoms with Crippen LogP contribution in [0.15, 0.2) is 36.7 Å². The number of fused-ring (bicyclic) bond motifs is 1. The minimum atomic E-state index is -0.373. The fourth-order valence-corrected chi connectivity index (χ4v) is 4.58. The van der Waals surface area contributed by atoms with E-state index in [0.29, 0.717) is 24.0 Å². The van der Waals surface area contributed by atoms with Gasteiger partial charge in [-0.3, -0.25) is 0 Å². The summed E-state index contributed by atoms with van der Waals surface area (Å²) in [6.45, 7) is 8.27. The van der Waals surface area contributed by atoms with Crippen LogP contribution in [-0.4, -0.2) is 53.3 Å². The number of esters is 1. The van der Waals surface area contributed by atoms with E-state index in [-0.39, 0.29) is 5.97 Å². The molecule has 1 saturated heterocycles. The molecule has 7 nitrogen and oxygen atoms in total. The highest BCUT2D eigenvalue weighted by molar-refractivity contribution is 5.88. The second-order valence-corrected chi connectivity index (χ2v) is 8.52. The van der Waals surface area contributed by atoms with Crippen LogP contribution in [0.2, 0.25) is 0 Å². The molecule has 0 spiro atoms. The van der Waals surface area contributed by atoms with E-state index >= 15 is 0 Å². The lowest BCUT2D eigenvalue weighted by molar-refractivity contribution is 0.0525. The van der Waals surface area contributed by atoms with Crippen LogP contribution in [0.25, 0.3) is 10.9 Å². The number of benzene rings is 1. The lowest BCUT2D eigenvalue weighted by Gasteiger charge is -2.32. The molecule has 32 heavy (non-hydrogen) atoms. The molecule has 2 aromatic heterocycles. The van der Waals surface area contributed by atoms with Gasteiger partial charge < -0.3 is 19.5 Å². The highest BCUT2D eigenvalue weighted by Gasteiger charge is 2.21. The minimum absolute atomic E-state index is 0.351. The molecule has 3 heterocycles. The van der Waals surface area contributed by atoms with Crippen LogP contribution in [0.1, 0.15) is 41.4 Å². The Morgan fingerprint density at radius 1 is 1.19 bits per heavy atom. The largest absolute Gasteiger partial charge is 0.462 e. The molecule has 170 valence electrons. The van der Waals surface area contributed by atoms with E-state index in [9.17, 15) is 4.79 Å². The van der Waals surface area contributed by atoms with Crippen molar-refractivity contribution in [3.63, 3.8) is 0 Å². The lowest BCUT2D eigenvalue weighted by Crippen LogP contribution is -2.38. The molecule has 3 aromatic rings. The van der Waals surface area contributed by atoms with Crippen LogP contribution in [-0.2, 0) is 18.2 Å². The van der Waals surface area contributed by atoms with Crippen LogP contribution >= 0.6 is 0 Å². The van der Waals surface area contributed by atoms with Gasteiger partial charge in [0, 0.05) is 49.1 Å². The Morgan fingerprint density at radius 2 is 1.91 bits per heavy atom. The Labute approximate surface area is 189 Å². The molecule has 1 aliphatic heterocycles. The van der Waals surface area contributed by atoms with Crippen molar-refractivity contribution < 1.29 is 9.53 Å². The van der Waals surface area contributed by atoms with Crippen LogP contribution < -0.4 is 10.2 Å². The molecule has 1 aliphatic rings. The first-order valence-corrected chi connectivity index (χ1v) is 11.6. The Hall–Kier alpha value is -2.93. The summed E-state index contributed by atoms with van der Waals surface area (Å²) in [5.74, 6) is 0.983. The van der Waals surface area contributed by atoms with E-state index in [4.69, 9.17) is 4.74 Å². The highest BCUT2D eigenvalue weighted by atomic mass is 16.5. The molecule has 0 atom stereocenters. The standard InChI is InChI=1S/C25H33N5O2/c1-4-32-24(31)20-16-27-25(28-17-20)30-13-10-19(11-14-30)15-26-12-9-21-18(2)29(3)23-8-6-5-7-22(21)23/h5-8,16-17,19,26H,4,9-15H2,1-3H3. The monoisotopic (exact) mass is 435 g/mol. The number of aryl methyl sites for hydroxylation is 1. The minimum Gasteiger partial charge on any atom is -0.462 e. The molecule has 1 N–H and O–H groups in total. The first-order chi connectivity index (χ1) is 15.6. The first-order valence-electron chi connectivity index (χ1n) is 11.6. The lowest BCUT2D eigenvalue weighted by atomic mass is 9.97. The molecule has 0 radical (unpaired) electrons. The van der Waals surface area contributed by atoms with Crippen molar-refractivity contribution in [1.29, 1.82) is 0 Å². The average molecular weight is 436 g/mol. The first kappa shape index (κ1) is 22.3. The van der Waals surface area contributed by atoms with Gasteiger partial charge in [-0.1, -0.05) is 18.2 Å². The summed E-state index contributed by atoms with van der Waals surface area (Å²) in [6, 6.07) is 8.66. The predicted octanol–water partition coefficient (Wildman–Crippen LogP) is 3.50. The topological polar surface area (TPSA) is 72.3 Å². The molecule has 7 heteroatoms. The Kier molecular flexibility index (Phi) is 7.05. The van der Waals surface area contributed by atoms with Crippen molar-refractivity contribution in [3.8, 4) is 0 Å². The number of nitrogens with one attached hydrogen (secondary N) is 1. The third-order valence-corrected chi connectivity index (χ3v) is 6.56. The van der Waals surface area contributed by atoms with E-state index in [1.165, 1.54) is 22.2 Å². The summed E-state index contributed by atoms with van der Waals surface area (Å²) in [7, 11) is 2.15. The van der Waals surface area contributed by atoms with Gasteiger partial charge in [-0.05, 0) is 63.7 Å². The SMILES string of the molecule is CCOC(=O)c1cnc(N2CCC(CNCCc3c(C)n(C)c4ccccc34)CC2)nc1. The Balaban J connectivity index is 1.22. The maximum atomic E-state index is 11.8. The molecule has 0 amide bonds. The molecule has 0 aliphatic carbocycles. The summed E-state index contributed by atoms with van der Waals surface area (Å²) < 4.78 is 7.28. The number of hydrogen-bond donors (Lipinski definition) is 1. The van der Waals surface area contributed by atoms with Crippen molar-refractivity contribution in [1.82, 2.24) is 19.9 Å². The van der Waals surface area contributed by atoms with Crippen LogP contribution in [0, 0.1) is 12.8 Å². The van der Waals surface area contributed by atoms with Crippen LogP contribution in [0.5, 0.6) is 0 Å². The van der Waals surface area contributed by atoms with Crippen molar-refractivity contribution >= 4 is 22.8 Å². The summed E-state index contributed by atoms with van der Waals surface area (Å²) in [4.78, 5) is 22.7. The van der Waals surface area contributed by atoms with Gasteiger partial charge in [-0.2, -0.15) is 0 Å². The van der Waals surface area contributed by atoms with Gasteiger partial charge >= 0.3 is 5.97 Å². The summed E-state index contributed by atoms with van der Waals surface area (Å²) >= 11 is 0. The number of para-hydroxylation sites is 1. The number of nitrogens with zero attached hydrogens (tertiary/aromatic N) is 4. The Bertz CT molecular complexity index is 1050. The Morgan fingerprint density at radius 3 is 2.62 bits per heavy atom. The number of anilines is 1. The van der Waals surface area contributed by atoms with Gasteiger partial charge in [-0.25, -0.2) is 14.8 Å². The van der Waals surface area contributed by atoms with Gasteiger partial charge in [0.05, 0.1) is 12.2 Å². The number of ether oxygens (including phenoxy) is 1. The predicted molar refractivity (Wildman–Crippen MR) is 127 cm³/mol. The van der Waals surface area contributed by atoms with Gasteiger partial charge in [0.2, 0.25) is 5.95 Å². The van der Waals surface area contributed by atoms with E-state index in [1.54, 1.807) is 19.3 Å². The van der Waals surface area contributed by atoms with Crippen molar-refractivity contribution in [3.05, 3.63) is 53.5 Å². The normalized spacial score (nSPS) is 14.8. The fraction of sp³-hybridized carbons (Fsp3) is 0.480. The molecule has 0 bridgehead atoms. The number of piperidine rings is 1. The smallest absolute Gasteiger partial charge is 0.341 e. The number of carbonyl (C=O) groups excluding carboxylic acids is 1. The second-order valence-electron chi connectivity index (χ2n) is 8.52. The van der Waals surface area contributed by atoms with E-state index in [2.05, 4.69) is 63.0 Å². The quantitative estimate of drug-likeness (QED) is 0.431. The molecule has 1 aromatic carbocycles. The van der Waals surface area contributed by atoms with E-state index in [1.807, 2.05) is 0 Å². The number of carbonyl (C=O) groups is 1. The van der Waals surface area contributed by atoms with Crippen LogP contribution in [0.4, 0.5) is 5.95 Å². The molecule has 0 saturated carbocycles. The van der Waals surface area contributed by atoms with Crippen molar-refractivity contribution in [2.24, 2.45) is 13.0 Å². The van der Waals surface area contributed by atoms with Crippen molar-refractivity contribution in [2.45, 2.75) is 33.1 Å². The van der Waals surface area contributed by atoms with Gasteiger partial charge in [0.1, 0.15) is 0 Å². The van der Waals surface area contributed by atoms with Gasteiger partial charge in [-0.15, -0.1) is 0 Å². The van der Waals surface area contributed by atoms with Gasteiger partial charge in [0.25, 0.3) is 0 Å². The zero-order valence-corrected chi connectivity index (χ0v) is 19.3. The third kappa shape index (κ3) is 4.78. The average Bonchev–Trinajstić information content (AvgIpc) is 3.07. The maximum absolute atomic E-state index is 11.8. The molecule has 0 unspecified atom stereocenters. The summed E-state index contributed by atoms with van der Waals surface area (Å²) in [6.07, 6.45) is 6.39. The molecule has 1 fully saturated rings. The van der Waals surface area contributed by atoms with E-state index < -0.39 is 0 Å². The number of hydrogen-bond acceptors (Lipinski definition) is 6. The molecular formula is C25H33N5O2. The maximum Gasteiger partial charge on any atom is 0.341 e. The highest BCUT2D eigenvalue weighted by Crippen LogP contribution is 2.25. The molecule has 4 rings (SSSR count). The van der Waals surface area contributed by atoms with Crippen LogP contribution in [0.3, 0.4) is 0 Å². The number of rotatable bonds is 8. The third-order valence-electron chi connectivity index (χ3n) is 6.56. The fourth-order valence-electron chi connectivity index (χ4n) is 4.58. The summed E-state index contributed by atoms with van der Waals surface area (Å²) in [5, 5.41) is 5.05. The zero-order valence-electron chi connectivity index (χ0n) is 19.3. The van der Waals surface area contributed by atoms with Gasteiger partial charge in [0.15, 0.2) is 0 Å².